The van der Waals surface area contributed by atoms with E-state index in [0.29, 0.717) is 11.7 Å². The molecule has 0 radical (unpaired) electrons. The Hall–Kier alpha value is -1.68. The van der Waals surface area contributed by atoms with Crippen LogP contribution in [0.15, 0.2) is 28.8 Å². The number of hydrogen-bond donors (Lipinski definition) is 1. The molecule has 2 N–H and O–H groups in total. The number of hydrogen-bond acceptors (Lipinski definition) is 4. The van der Waals surface area contributed by atoms with Crippen molar-refractivity contribution in [1.29, 1.82) is 0 Å². The zero-order valence-corrected chi connectivity index (χ0v) is 10.9. The van der Waals surface area contributed by atoms with E-state index in [4.69, 9.17) is 10.3 Å². The molecule has 0 saturated carbocycles. The van der Waals surface area contributed by atoms with Crippen LogP contribution in [0.1, 0.15) is 49.2 Å². The second-order valence-electron chi connectivity index (χ2n) is 4.37. The van der Waals surface area contributed by atoms with E-state index in [1.54, 1.807) is 0 Å². The maximum atomic E-state index is 6.13. The maximum Gasteiger partial charge on any atom is 0.226 e. The molecule has 1 aromatic heterocycles. The van der Waals surface area contributed by atoms with Crippen LogP contribution in [-0.2, 0) is 12.8 Å². The lowest BCUT2D eigenvalue weighted by Crippen LogP contribution is -2.13. The molecule has 4 nitrogen and oxygen atoms in total. The Kier molecular flexibility index (Phi) is 4.10. The van der Waals surface area contributed by atoms with Gasteiger partial charge in [0.1, 0.15) is 0 Å². The van der Waals surface area contributed by atoms with Gasteiger partial charge in [0, 0.05) is 6.42 Å². The second kappa shape index (κ2) is 5.78. The fourth-order valence-electron chi connectivity index (χ4n) is 1.82. The van der Waals surface area contributed by atoms with Gasteiger partial charge in [-0.15, -0.1) is 0 Å². The second-order valence-corrected chi connectivity index (χ2v) is 4.37. The van der Waals surface area contributed by atoms with E-state index in [9.17, 15) is 0 Å². The van der Waals surface area contributed by atoms with Gasteiger partial charge in [-0.3, -0.25) is 0 Å². The number of nitrogens with zero attached hydrogens (tertiary/aromatic N) is 2. The molecule has 1 atom stereocenters. The van der Waals surface area contributed by atoms with Crippen molar-refractivity contribution in [3.05, 3.63) is 47.1 Å². The summed E-state index contributed by atoms with van der Waals surface area (Å²) < 4.78 is 5.15. The highest BCUT2D eigenvalue weighted by Crippen LogP contribution is 2.18. The van der Waals surface area contributed by atoms with Gasteiger partial charge in [0.25, 0.3) is 0 Å². The van der Waals surface area contributed by atoms with Crippen LogP contribution in [0.25, 0.3) is 0 Å². The van der Waals surface area contributed by atoms with E-state index in [-0.39, 0.29) is 6.04 Å². The number of nitrogens with two attached hydrogens (primary N) is 1. The minimum atomic E-state index is -0.315. The van der Waals surface area contributed by atoms with Gasteiger partial charge in [0.2, 0.25) is 5.89 Å². The fourth-order valence-corrected chi connectivity index (χ4v) is 1.82. The smallest absolute Gasteiger partial charge is 0.226 e. The summed E-state index contributed by atoms with van der Waals surface area (Å²) in [7, 11) is 0. The molecule has 0 saturated heterocycles. The molecule has 0 fully saturated rings. The predicted molar refractivity (Wildman–Crippen MR) is 70.1 cm³/mol. The number of aromatic nitrogens is 2. The van der Waals surface area contributed by atoms with Crippen molar-refractivity contribution in [3.63, 3.8) is 0 Å². The van der Waals surface area contributed by atoms with Crippen LogP contribution in [0, 0.1) is 0 Å². The largest absolute Gasteiger partial charge is 0.339 e. The number of aryl methyl sites for hydroxylation is 2. The third-order valence-corrected chi connectivity index (χ3v) is 2.97. The van der Waals surface area contributed by atoms with Gasteiger partial charge in [-0.2, -0.15) is 4.98 Å². The number of rotatable bonds is 5. The molecule has 0 bridgehead atoms. The molecule has 1 unspecified atom stereocenters. The first-order valence-electron chi connectivity index (χ1n) is 6.41. The summed E-state index contributed by atoms with van der Waals surface area (Å²) >= 11 is 0. The Bertz CT molecular complexity index is 490. The quantitative estimate of drug-likeness (QED) is 0.879. The maximum absolute atomic E-state index is 6.13. The Morgan fingerprint density at radius 1 is 1.22 bits per heavy atom. The minimum absolute atomic E-state index is 0.315. The highest BCUT2D eigenvalue weighted by atomic mass is 16.5. The molecule has 0 aliphatic rings. The Labute approximate surface area is 107 Å². The molecule has 96 valence electrons. The van der Waals surface area contributed by atoms with Gasteiger partial charge in [-0.05, 0) is 24.0 Å². The van der Waals surface area contributed by atoms with E-state index < -0.39 is 0 Å². The average Bonchev–Trinajstić information content (AvgIpc) is 2.87. The van der Waals surface area contributed by atoms with Gasteiger partial charge >= 0.3 is 0 Å². The van der Waals surface area contributed by atoms with Crippen molar-refractivity contribution in [2.24, 2.45) is 5.73 Å². The highest BCUT2D eigenvalue weighted by Gasteiger charge is 2.15. The molecular formula is C14H19N3O. The lowest BCUT2D eigenvalue weighted by Gasteiger charge is -2.07. The topological polar surface area (TPSA) is 64.9 Å². The van der Waals surface area contributed by atoms with Crippen molar-refractivity contribution < 1.29 is 4.52 Å². The summed E-state index contributed by atoms with van der Waals surface area (Å²) in [5.41, 5.74) is 8.44. The molecule has 0 spiro atoms. The summed E-state index contributed by atoms with van der Waals surface area (Å²) in [6, 6.07) is 7.91. The summed E-state index contributed by atoms with van der Waals surface area (Å²) in [5.74, 6) is 1.22. The van der Waals surface area contributed by atoms with Crippen LogP contribution < -0.4 is 5.73 Å². The van der Waals surface area contributed by atoms with Crippen molar-refractivity contribution in [1.82, 2.24) is 10.1 Å². The van der Waals surface area contributed by atoms with Gasteiger partial charge in [0.05, 0.1) is 6.04 Å². The normalized spacial score (nSPS) is 12.6. The van der Waals surface area contributed by atoms with Crippen molar-refractivity contribution in [2.45, 2.75) is 39.2 Å². The molecule has 18 heavy (non-hydrogen) atoms. The van der Waals surface area contributed by atoms with Crippen molar-refractivity contribution >= 4 is 0 Å². The van der Waals surface area contributed by atoms with Crippen molar-refractivity contribution in [3.8, 4) is 0 Å². The Balaban J connectivity index is 2.15. The van der Waals surface area contributed by atoms with Crippen molar-refractivity contribution in [2.75, 3.05) is 0 Å². The molecule has 0 amide bonds. The first-order chi connectivity index (χ1) is 8.74. The first-order valence-corrected chi connectivity index (χ1v) is 6.41. The summed E-state index contributed by atoms with van der Waals surface area (Å²) in [5, 5.41) is 3.94. The Morgan fingerprint density at radius 2 is 1.94 bits per heavy atom. The zero-order chi connectivity index (χ0) is 13.0. The van der Waals surface area contributed by atoms with Gasteiger partial charge in [0.15, 0.2) is 5.82 Å². The van der Waals surface area contributed by atoms with E-state index in [1.807, 2.05) is 12.1 Å². The summed E-state index contributed by atoms with van der Waals surface area (Å²) in [4.78, 5) is 4.32. The first kappa shape index (κ1) is 12.8. The molecule has 0 aliphatic carbocycles. The lowest BCUT2D eigenvalue weighted by molar-refractivity contribution is 0.370. The van der Waals surface area contributed by atoms with Gasteiger partial charge in [-0.25, -0.2) is 0 Å². The highest BCUT2D eigenvalue weighted by molar-refractivity contribution is 5.28. The summed E-state index contributed by atoms with van der Waals surface area (Å²) in [6.45, 7) is 4.21. The average molecular weight is 245 g/mol. The number of benzene rings is 1. The van der Waals surface area contributed by atoms with Crippen LogP contribution >= 0.6 is 0 Å². The monoisotopic (exact) mass is 245 g/mol. The minimum Gasteiger partial charge on any atom is -0.339 e. The SMILES string of the molecule is CCCc1nc(C(N)c2ccc(CC)cc2)no1. The van der Waals surface area contributed by atoms with Crippen LogP contribution in [0.3, 0.4) is 0 Å². The van der Waals surface area contributed by atoms with E-state index in [2.05, 4.69) is 36.1 Å². The van der Waals surface area contributed by atoms with E-state index >= 15 is 0 Å². The molecule has 4 heteroatoms. The fraction of sp³-hybridized carbons (Fsp3) is 0.429. The Morgan fingerprint density at radius 3 is 2.56 bits per heavy atom. The van der Waals surface area contributed by atoms with Crippen LogP contribution in [-0.4, -0.2) is 10.1 Å². The van der Waals surface area contributed by atoms with Crippen LogP contribution in [0.4, 0.5) is 0 Å². The molecular weight excluding hydrogens is 226 g/mol. The van der Waals surface area contributed by atoms with Crippen LogP contribution in [0.2, 0.25) is 0 Å². The molecule has 2 aromatic rings. The zero-order valence-electron chi connectivity index (χ0n) is 10.9. The van der Waals surface area contributed by atoms with Gasteiger partial charge < -0.3 is 10.3 Å². The van der Waals surface area contributed by atoms with E-state index in [0.717, 1.165) is 24.8 Å². The van der Waals surface area contributed by atoms with E-state index in [1.165, 1.54) is 5.56 Å². The predicted octanol–water partition coefficient (Wildman–Crippen LogP) is 2.63. The molecule has 0 aliphatic heterocycles. The lowest BCUT2D eigenvalue weighted by atomic mass is 10.0. The summed E-state index contributed by atoms with van der Waals surface area (Å²) in [6.07, 6.45) is 2.81. The third kappa shape index (κ3) is 2.76. The molecule has 2 rings (SSSR count). The standard InChI is InChI=1S/C14H19N3O/c1-3-5-12-16-14(17-18-12)13(15)11-8-6-10(4-2)7-9-11/h6-9,13H,3-5,15H2,1-2H3. The van der Waals surface area contributed by atoms with Gasteiger partial charge in [-0.1, -0.05) is 43.3 Å². The molecule has 1 heterocycles. The third-order valence-electron chi connectivity index (χ3n) is 2.97. The van der Waals surface area contributed by atoms with Crippen LogP contribution in [0.5, 0.6) is 0 Å². The molecule has 1 aromatic carbocycles.